The second-order valence-corrected chi connectivity index (χ2v) is 13.4. The number of benzene rings is 9. The summed E-state index contributed by atoms with van der Waals surface area (Å²) in [6.07, 6.45) is 0. The third-order valence-electron chi connectivity index (χ3n) is 10.5. The van der Waals surface area contributed by atoms with Crippen molar-refractivity contribution in [1.29, 1.82) is 0 Å². The molecule has 0 aliphatic carbocycles. The summed E-state index contributed by atoms with van der Waals surface area (Å²) in [5.41, 5.74) is 7.41. The third kappa shape index (κ3) is 4.25. The van der Waals surface area contributed by atoms with Gasteiger partial charge in [-0.2, -0.15) is 0 Å². The smallest absolute Gasteiger partial charge is 0.235 e. The second kappa shape index (κ2) is 10.8. The summed E-state index contributed by atoms with van der Waals surface area (Å²) in [5, 5.41) is 13.5. The van der Waals surface area contributed by atoms with Crippen LogP contribution in [-0.4, -0.2) is 14.5 Å². The highest BCUT2D eigenvalue weighted by Gasteiger charge is 2.19. The monoisotopic (exact) mass is 647 g/mol. The number of para-hydroxylation sites is 1. The first-order chi connectivity index (χ1) is 25.3. The molecule has 0 spiro atoms. The maximum atomic E-state index is 5.35. The van der Waals surface area contributed by atoms with Crippen molar-refractivity contribution in [3.8, 4) is 28.3 Å². The molecule has 236 valence electrons. The average Bonchev–Trinajstić information content (AvgIpc) is 3.52. The SMILES string of the molecule is c1ccc(-c2nc(-n3c4cc(-c5ccc6c7ccccc7c7ccccc7c6c5)ccc4c4cc5ccccc5cc43)nc3ccccc23)cc1. The fraction of sp³-hybridized carbons (Fsp3) is 0. The van der Waals surface area contributed by atoms with Gasteiger partial charge in [0.25, 0.3) is 0 Å². The zero-order chi connectivity index (χ0) is 33.5. The highest BCUT2D eigenvalue weighted by Crippen LogP contribution is 2.40. The predicted molar refractivity (Wildman–Crippen MR) is 215 cm³/mol. The van der Waals surface area contributed by atoms with Gasteiger partial charge in [0.2, 0.25) is 5.95 Å². The van der Waals surface area contributed by atoms with Crippen molar-refractivity contribution in [2.75, 3.05) is 0 Å². The summed E-state index contributed by atoms with van der Waals surface area (Å²) < 4.78 is 2.27. The molecule has 0 atom stereocenters. The van der Waals surface area contributed by atoms with Gasteiger partial charge in [-0.3, -0.25) is 4.57 Å². The molecule has 0 aliphatic rings. The van der Waals surface area contributed by atoms with Crippen LogP contribution in [0.1, 0.15) is 0 Å². The summed E-state index contributed by atoms with van der Waals surface area (Å²) in [7, 11) is 0. The van der Waals surface area contributed by atoms with Crippen molar-refractivity contribution in [2.24, 2.45) is 0 Å². The molecule has 0 amide bonds. The van der Waals surface area contributed by atoms with Gasteiger partial charge in [0.15, 0.2) is 0 Å². The third-order valence-corrected chi connectivity index (χ3v) is 10.5. The Bertz CT molecular complexity index is 3160. The van der Waals surface area contributed by atoms with Crippen LogP contribution >= 0.6 is 0 Å². The summed E-state index contributed by atoms with van der Waals surface area (Å²) in [6, 6.07) is 63.3. The molecule has 0 aliphatic heterocycles. The van der Waals surface area contributed by atoms with E-state index in [1.807, 2.05) is 6.07 Å². The molecular weight excluding hydrogens is 619 g/mol. The van der Waals surface area contributed by atoms with E-state index < -0.39 is 0 Å². The first-order valence-corrected chi connectivity index (χ1v) is 17.4. The van der Waals surface area contributed by atoms with Crippen LogP contribution in [0, 0.1) is 0 Å². The van der Waals surface area contributed by atoms with Crippen molar-refractivity contribution in [1.82, 2.24) is 14.5 Å². The average molecular weight is 648 g/mol. The van der Waals surface area contributed by atoms with Gasteiger partial charge in [-0.15, -0.1) is 0 Å². The molecular formula is C48H29N3. The van der Waals surface area contributed by atoms with Crippen LogP contribution in [0.3, 0.4) is 0 Å². The topological polar surface area (TPSA) is 30.7 Å². The van der Waals surface area contributed by atoms with Crippen LogP contribution in [0.15, 0.2) is 176 Å². The molecule has 0 saturated carbocycles. The van der Waals surface area contributed by atoms with E-state index in [4.69, 9.17) is 9.97 Å². The molecule has 0 N–H and O–H groups in total. The molecule has 11 rings (SSSR count). The van der Waals surface area contributed by atoms with Gasteiger partial charge in [0, 0.05) is 21.7 Å². The molecule has 0 unspecified atom stereocenters. The Labute approximate surface area is 293 Å². The van der Waals surface area contributed by atoms with Gasteiger partial charge < -0.3 is 0 Å². The van der Waals surface area contributed by atoms with Crippen LogP contribution < -0.4 is 0 Å². The number of rotatable bonds is 3. The maximum Gasteiger partial charge on any atom is 0.235 e. The zero-order valence-electron chi connectivity index (χ0n) is 27.6. The zero-order valence-corrected chi connectivity index (χ0v) is 27.6. The Kier molecular flexibility index (Phi) is 5.96. The highest BCUT2D eigenvalue weighted by atomic mass is 15.2. The van der Waals surface area contributed by atoms with Gasteiger partial charge in [-0.05, 0) is 84.5 Å². The van der Waals surface area contributed by atoms with Crippen LogP contribution in [-0.2, 0) is 0 Å². The Morgan fingerprint density at radius 3 is 1.57 bits per heavy atom. The van der Waals surface area contributed by atoms with Crippen LogP contribution in [0.5, 0.6) is 0 Å². The van der Waals surface area contributed by atoms with E-state index in [0.29, 0.717) is 5.95 Å². The highest BCUT2D eigenvalue weighted by molar-refractivity contribution is 6.26. The summed E-state index contributed by atoms with van der Waals surface area (Å²) in [6.45, 7) is 0. The molecule has 2 heterocycles. The largest absolute Gasteiger partial charge is 0.278 e. The molecule has 2 aromatic heterocycles. The summed E-state index contributed by atoms with van der Waals surface area (Å²) in [4.78, 5) is 10.6. The van der Waals surface area contributed by atoms with Crippen molar-refractivity contribution in [3.05, 3.63) is 176 Å². The lowest BCUT2D eigenvalue weighted by atomic mass is 9.92. The number of hydrogen-bond acceptors (Lipinski definition) is 2. The van der Waals surface area contributed by atoms with E-state index in [9.17, 15) is 0 Å². The standard InChI is InChI=1S/C48H29N3/c1-2-12-30(13-3-1)47-41-20-10-11-21-44(41)49-48(50-47)51-45-29-34(23-25-40(45)43-27-31-14-4-5-15-32(31)28-46(43)51)33-22-24-39-37-18-7-6-16-35(37)36-17-8-9-19-38(36)42(39)26-33/h1-29H. The van der Waals surface area contributed by atoms with E-state index in [2.05, 4.69) is 174 Å². The van der Waals surface area contributed by atoms with Gasteiger partial charge in [-0.25, -0.2) is 9.97 Å². The van der Waals surface area contributed by atoms with E-state index in [1.54, 1.807) is 0 Å². The number of nitrogens with zero attached hydrogens (tertiary/aromatic N) is 3. The second-order valence-electron chi connectivity index (χ2n) is 13.4. The maximum absolute atomic E-state index is 5.35. The summed E-state index contributed by atoms with van der Waals surface area (Å²) >= 11 is 0. The lowest BCUT2D eigenvalue weighted by Gasteiger charge is -2.13. The van der Waals surface area contributed by atoms with Gasteiger partial charge >= 0.3 is 0 Å². The van der Waals surface area contributed by atoms with Gasteiger partial charge in [0.1, 0.15) is 0 Å². The lowest BCUT2D eigenvalue weighted by Crippen LogP contribution is -2.03. The van der Waals surface area contributed by atoms with Crippen molar-refractivity contribution < 1.29 is 0 Å². The minimum atomic E-state index is 0.663. The number of aromatic nitrogens is 3. The number of hydrogen-bond donors (Lipinski definition) is 0. The molecule has 0 bridgehead atoms. The van der Waals surface area contributed by atoms with Crippen molar-refractivity contribution in [3.63, 3.8) is 0 Å². The van der Waals surface area contributed by atoms with E-state index in [0.717, 1.165) is 38.8 Å². The predicted octanol–water partition coefficient (Wildman–Crippen LogP) is 12.7. The van der Waals surface area contributed by atoms with Crippen LogP contribution in [0.4, 0.5) is 0 Å². The molecule has 9 aromatic carbocycles. The van der Waals surface area contributed by atoms with Gasteiger partial charge in [0.05, 0.1) is 22.2 Å². The quantitative estimate of drug-likeness (QED) is 0.179. The molecule has 0 saturated heterocycles. The first-order valence-electron chi connectivity index (χ1n) is 17.4. The fourth-order valence-electron chi connectivity index (χ4n) is 8.17. The van der Waals surface area contributed by atoms with Crippen molar-refractivity contribution >= 4 is 75.8 Å². The van der Waals surface area contributed by atoms with Crippen molar-refractivity contribution in [2.45, 2.75) is 0 Å². The minimum absolute atomic E-state index is 0.663. The minimum Gasteiger partial charge on any atom is -0.278 e. The Morgan fingerprint density at radius 1 is 0.314 bits per heavy atom. The van der Waals surface area contributed by atoms with Crippen LogP contribution in [0.2, 0.25) is 0 Å². The molecule has 3 nitrogen and oxygen atoms in total. The van der Waals surface area contributed by atoms with E-state index >= 15 is 0 Å². The number of fused-ring (bicyclic) bond motifs is 11. The van der Waals surface area contributed by atoms with E-state index in [1.165, 1.54) is 59.4 Å². The Hall–Kier alpha value is -6.84. The van der Waals surface area contributed by atoms with E-state index in [-0.39, 0.29) is 0 Å². The fourth-order valence-corrected chi connectivity index (χ4v) is 8.17. The normalized spacial score (nSPS) is 11.9. The molecule has 3 heteroatoms. The molecule has 51 heavy (non-hydrogen) atoms. The Morgan fingerprint density at radius 2 is 0.843 bits per heavy atom. The van der Waals surface area contributed by atoms with Crippen LogP contribution in [0.25, 0.3) is 104 Å². The molecule has 0 fully saturated rings. The molecule has 11 aromatic rings. The van der Waals surface area contributed by atoms with Gasteiger partial charge in [-0.1, -0.05) is 146 Å². The Balaban J connectivity index is 1.21. The summed E-state index contributed by atoms with van der Waals surface area (Å²) in [5.74, 6) is 0.663. The first kappa shape index (κ1) is 28.0. The molecule has 0 radical (unpaired) electrons. The lowest BCUT2D eigenvalue weighted by molar-refractivity contribution is 1.01.